The summed E-state index contributed by atoms with van der Waals surface area (Å²) in [7, 11) is 0. The summed E-state index contributed by atoms with van der Waals surface area (Å²) in [6.07, 6.45) is 8.25. The van der Waals surface area contributed by atoms with Gasteiger partial charge in [-0.25, -0.2) is 14.4 Å². The van der Waals surface area contributed by atoms with E-state index in [0.29, 0.717) is 23.5 Å². The molecule has 0 N–H and O–H groups in total. The van der Waals surface area contributed by atoms with Gasteiger partial charge < -0.3 is 14.5 Å². The molecule has 0 atom stereocenters. The van der Waals surface area contributed by atoms with Gasteiger partial charge >= 0.3 is 0 Å². The molecule has 30 heavy (non-hydrogen) atoms. The van der Waals surface area contributed by atoms with Gasteiger partial charge in [-0.1, -0.05) is 12.8 Å². The fourth-order valence-electron chi connectivity index (χ4n) is 4.75. The fraction of sp³-hybridized carbons (Fsp3) is 0.522. The predicted octanol–water partition coefficient (Wildman–Crippen LogP) is 4.66. The molecule has 1 aromatic heterocycles. The van der Waals surface area contributed by atoms with Gasteiger partial charge in [0.1, 0.15) is 17.9 Å². The highest BCUT2D eigenvalue weighted by Gasteiger charge is 2.46. The summed E-state index contributed by atoms with van der Waals surface area (Å²) in [5, 5.41) is 0. The van der Waals surface area contributed by atoms with Gasteiger partial charge in [0.2, 0.25) is 0 Å². The van der Waals surface area contributed by atoms with E-state index in [9.17, 15) is 9.18 Å². The van der Waals surface area contributed by atoms with Crippen molar-refractivity contribution in [2.24, 2.45) is 5.41 Å². The molecule has 1 amide bonds. The lowest BCUT2D eigenvalue weighted by Gasteiger charge is -2.49. The Kier molecular flexibility index (Phi) is 5.62. The van der Waals surface area contributed by atoms with Crippen molar-refractivity contribution in [3.8, 4) is 11.5 Å². The molecular weight excluding hydrogens is 383 g/mol. The van der Waals surface area contributed by atoms with Crippen molar-refractivity contribution in [3.63, 3.8) is 0 Å². The van der Waals surface area contributed by atoms with Crippen LogP contribution in [0, 0.1) is 11.2 Å². The monoisotopic (exact) mass is 412 g/mol. The first-order valence-corrected chi connectivity index (χ1v) is 10.8. The minimum atomic E-state index is -0.471. The summed E-state index contributed by atoms with van der Waals surface area (Å²) >= 11 is 0. The summed E-state index contributed by atoms with van der Waals surface area (Å²) in [5.74, 6) is 0.794. The van der Waals surface area contributed by atoms with Gasteiger partial charge in [0.15, 0.2) is 11.6 Å². The van der Waals surface area contributed by atoms with E-state index in [0.717, 1.165) is 18.9 Å². The molecule has 2 aromatic rings. The Bertz CT molecular complexity index is 919. The molecule has 6 nitrogen and oxygen atoms in total. The smallest absolute Gasteiger partial charge is 0.257 e. The first-order chi connectivity index (χ1) is 14.4. The lowest BCUT2D eigenvalue weighted by Crippen LogP contribution is -2.55. The number of amides is 1. The van der Waals surface area contributed by atoms with Crippen LogP contribution in [0.1, 0.15) is 56.8 Å². The van der Waals surface area contributed by atoms with Crippen molar-refractivity contribution < 1.29 is 13.9 Å². The van der Waals surface area contributed by atoms with Gasteiger partial charge in [-0.15, -0.1) is 0 Å². The Labute approximate surface area is 177 Å². The molecule has 1 saturated heterocycles. The number of hydrogen-bond donors (Lipinski definition) is 0. The molecule has 2 heterocycles. The maximum atomic E-state index is 14.0. The summed E-state index contributed by atoms with van der Waals surface area (Å²) in [4.78, 5) is 25.5. The molecular formula is C23H29FN4O2. The first-order valence-electron chi connectivity index (χ1n) is 10.8. The molecule has 0 unspecified atom stereocenters. The summed E-state index contributed by atoms with van der Waals surface area (Å²) < 4.78 is 20.1. The number of ether oxygens (including phenoxy) is 1. The molecule has 1 saturated carbocycles. The van der Waals surface area contributed by atoms with Gasteiger partial charge in [0.05, 0.1) is 11.8 Å². The van der Waals surface area contributed by atoms with Crippen LogP contribution in [0.4, 0.5) is 10.2 Å². The predicted molar refractivity (Wildman–Crippen MR) is 113 cm³/mol. The van der Waals surface area contributed by atoms with Gasteiger partial charge in [0.25, 0.3) is 5.91 Å². The maximum absolute atomic E-state index is 14.0. The molecule has 7 heteroatoms. The first kappa shape index (κ1) is 20.6. The van der Waals surface area contributed by atoms with E-state index >= 15 is 0 Å². The topological polar surface area (TPSA) is 58.6 Å². The van der Waals surface area contributed by atoms with Crippen LogP contribution in [0.15, 0.2) is 30.7 Å². The standard InChI is InChI=1S/C23H29FN4O2/c1-4-28(16(2)3)22(29)18-11-17(24)7-8-19(18)30-20-12-25-15-26-21(20)27-13-23(14-27)9-5-6-10-23/h7-8,11-12,15-16H,4-6,9-10,13-14H2,1-3H3. The summed E-state index contributed by atoms with van der Waals surface area (Å²) in [6, 6.07) is 4.04. The number of anilines is 1. The van der Waals surface area contributed by atoms with Gasteiger partial charge in [0, 0.05) is 31.1 Å². The molecule has 0 bridgehead atoms. The number of benzene rings is 1. The number of aromatic nitrogens is 2. The number of carbonyl (C=O) groups excluding carboxylic acids is 1. The highest BCUT2D eigenvalue weighted by molar-refractivity contribution is 5.97. The minimum Gasteiger partial charge on any atom is -0.451 e. The number of rotatable bonds is 6. The van der Waals surface area contributed by atoms with Crippen molar-refractivity contribution in [3.05, 3.63) is 42.1 Å². The fourth-order valence-corrected chi connectivity index (χ4v) is 4.75. The molecule has 1 aliphatic carbocycles. The average molecular weight is 413 g/mol. The van der Waals surface area contributed by atoms with Crippen LogP contribution in [-0.4, -0.2) is 46.5 Å². The van der Waals surface area contributed by atoms with Crippen LogP contribution >= 0.6 is 0 Å². The SMILES string of the molecule is CCN(C(=O)c1cc(F)ccc1Oc1cncnc1N1CC2(CCCC2)C1)C(C)C. The van der Waals surface area contributed by atoms with Crippen LogP contribution in [0.2, 0.25) is 0 Å². The number of halogens is 1. The Morgan fingerprint density at radius 1 is 1.27 bits per heavy atom. The normalized spacial score (nSPS) is 17.3. The van der Waals surface area contributed by atoms with Gasteiger partial charge in [-0.3, -0.25) is 4.79 Å². The van der Waals surface area contributed by atoms with E-state index < -0.39 is 5.82 Å². The average Bonchev–Trinajstić information content (AvgIpc) is 3.19. The van der Waals surface area contributed by atoms with E-state index in [1.165, 1.54) is 50.2 Å². The molecule has 1 spiro atoms. The number of nitrogens with zero attached hydrogens (tertiary/aromatic N) is 4. The lowest BCUT2D eigenvalue weighted by molar-refractivity contribution is 0.0713. The third-order valence-electron chi connectivity index (χ3n) is 6.29. The molecule has 1 aliphatic heterocycles. The van der Waals surface area contributed by atoms with Crippen LogP contribution in [0.3, 0.4) is 0 Å². The van der Waals surface area contributed by atoms with E-state index in [2.05, 4.69) is 14.9 Å². The molecule has 1 aromatic carbocycles. The molecule has 2 fully saturated rings. The van der Waals surface area contributed by atoms with Crippen molar-refractivity contribution >= 4 is 11.7 Å². The van der Waals surface area contributed by atoms with Crippen LogP contribution < -0.4 is 9.64 Å². The summed E-state index contributed by atoms with van der Waals surface area (Å²) in [5.41, 5.74) is 0.620. The zero-order chi connectivity index (χ0) is 21.3. The van der Waals surface area contributed by atoms with Crippen LogP contribution in [-0.2, 0) is 0 Å². The van der Waals surface area contributed by atoms with Crippen molar-refractivity contribution in [1.82, 2.24) is 14.9 Å². The largest absolute Gasteiger partial charge is 0.451 e. The Hall–Kier alpha value is -2.70. The third kappa shape index (κ3) is 3.85. The molecule has 160 valence electrons. The molecule has 4 rings (SSSR count). The molecule has 2 aliphatic rings. The third-order valence-corrected chi connectivity index (χ3v) is 6.29. The van der Waals surface area contributed by atoms with Crippen molar-refractivity contribution in [2.45, 2.75) is 52.5 Å². The van der Waals surface area contributed by atoms with E-state index in [1.54, 1.807) is 11.1 Å². The highest BCUT2D eigenvalue weighted by Crippen LogP contribution is 2.48. The van der Waals surface area contributed by atoms with Crippen LogP contribution in [0.25, 0.3) is 0 Å². The zero-order valence-electron chi connectivity index (χ0n) is 17.9. The zero-order valence-corrected chi connectivity index (χ0v) is 17.9. The van der Waals surface area contributed by atoms with Crippen molar-refractivity contribution in [1.29, 1.82) is 0 Å². The summed E-state index contributed by atoms with van der Waals surface area (Å²) in [6.45, 7) is 8.24. The van der Waals surface area contributed by atoms with E-state index in [-0.39, 0.29) is 17.5 Å². The Morgan fingerprint density at radius 2 is 2.00 bits per heavy atom. The van der Waals surface area contributed by atoms with E-state index in [1.807, 2.05) is 20.8 Å². The quantitative estimate of drug-likeness (QED) is 0.691. The number of carbonyl (C=O) groups is 1. The second-order valence-electron chi connectivity index (χ2n) is 8.70. The number of hydrogen-bond acceptors (Lipinski definition) is 5. The van der Waals surface area contributed by atoms with Gasteiger partial charge in [-0.2, -0.15) is 0 Å². The van der Waals surface area contributed by atoms with Crippen molar-refractivity contribution in [2.75, 3.05) is 24.5 Å². The lowest BCUT2D eigenvalue weighted by atomic mass is 9.78. The second kappa shape index (κ2) is 8.20. The Morgan fingerprint density at radius 3 is 2.67 bits per heavy atom. The van der Waals surface area contributed by atoms with Crippen LogP contribution in [0.5, 0.6) is 11.5 Å². The second-order valence-corrected chi connectivity index (χ2v) is 8.70. The highest BCUT2D eigenvalue weighted by atomic mass is 19.1. The van der Waals surface area contributed by atoms with Gasteiger partial charge in [-0.05, 0) is 51.8 Å². The Balaban J connectivity index is 1.60. The molecule has 0 radical (unpaired) electrons. The minimum absolute atomic E-state index is 0.00192. The van der Waals surface area contributed by atoms with E-state index in [4.69, 9.17) is 4.74 Å². The maximum Gasteiger partial charge on any atom is 0.257 e.